The van der Waals surface area contributed by atoms with Crippen LogP contribution in [-0.4, -0.2) is 36.8 Å². The van der Waals surface area contributed by atoms with Crippen molar-refractivity contribution in [2.24, 2.45) is 0 Å². The van der Waals surface area contributed by atoms with Crippen molar-refractivity contribution in [2.45, 2.75) is 6.42 Å². The number of aromatic carboxylic acids is 1. The molecule has 2 N–H and O–H groups in total. The number of anilines is 1. The van der Waals surface area contributed by atoms with Crippen molar-refractivity contribution < 1.29 is 19.4 Å². The first-order chi connectivity index (χ1) is 9.65. The summed E-state index contributed by atoms with van der Waals surface area (Å²) in [6, 6.07) is 4.47. The molecule has 0 aromatic heterocycles. The molecule has 1 aliphatic heterocycles. The summed E-state index contributed by atoms with van der Waals surface area (Å²) in [5, 5.41) is 11.9. The van der Waals surface area contributed by atoms with Gasteiger partial charge in [0, 0.05) is 6.54 Å². The zero-order valence-corrected chi connectivity index (χ0v) is 11.0. The second-order valence-corrected chi connectivity index (χ2v) is 4.27. The Morgan fingerprint density at radius 2 is 2.30 bits per heavy atom. The van der Waals surface area contributed by atoms with E-state index in [0.717, 1.165) is 0 Å². The fourth-order valence-corrected chi connectivity index (χ4v) is 2.00. The third-order valence-electron chi connectivity index (χ3n) is 2.95. The Bertz CT molecular complexity index is 542. The number of carbonyl (C=O) groups excluding carboxylic acids is 1. The number of carboxylic acids is 1. The maximum absolute atomic E-state index is 12.1. The number of nitrogens with zero attached hydrogens (tertiary/aromatic N) is 1. The molecular weight excluding hydrogens is 260 g/mol. The molecule has 0 atom stereocenters. The van der Waals surface area contributed by atoms with Crippen LogP contribution in [0.25, 0.3) is 0 Å². The number of nitrogens with one attached hydrogen (secondary N) is 1. The minimum atomic E-state index is -1.07. The molecule has 1 aromatic rings. The van der Waals surface area contributed by atoms with E-state index in [9.17, 15) is 9.59 Å². The normalized spacial score (nSPS) is 13.1. The maximum atomic E-state index is 12.1. The number of urea groups is 1. The molecule has 20 heavy (non-hydrogen) atoms. The first kappa shape index (κ1) is 13.9. The van der Waals surface area contributed by atoms with Crippen LogP contribution in [0.3, 0.4) is 0 Å². The number of fused-ring (bicyclic) bond motifs is 1. The van der Waals surface area contributed by atoms with Gasteiger partial charge in [0.05, 0.1) is 12.2 Å². The standard InChI is InChI=1S/C14H16N2O4/c1-2-3-7-15-14(19)16-8-9-20-12-10(13(17)18)5-4-6-11(12)16/h2,4-6H,1,3,7-9H2,(H,15,19)(H,17,18). The lowest BCUT2D eigenvalue weighted by molar-refractivity contribution is 0.0692. The Kier molecular flexibility index (Phi) is 4.24. The second-order valence-electron chi connectivity index (χ2n) is 4.27. The lowest BCUT2D eigenvalue weighted by atomic mass is 10.1. The Balaban J connectivity index is 2.24. The highest BCUT2D eigenvalue weighted by molar-refractivity contribution is 5.99. The predicted octanol–water partition coefficient (Wildman–Crippen LogP) is 1.87. The van der Waals surface area contributed by atoms with Gasteiger partial charge < -0.3 is 15.2 Å². The molecule has 1 heterocycles. The smallest absolute Gasteiger partial charge is 0.339 e. The lowest BCUT2D eigenvalue weighted by Crippen LogP contribution is -2.44. The van der Waals surface area contributed by atoms with Crippen LogP contribution in [0.4, 0.5) is 10.5 Å². The van der Waals surface area contributed by atoms with Gasteiger partial charge in [-0.2, -0.15) is 0 Å². The summed E-state index contributed by atoms with van der Waals surface area (Å²) in [6.45, 7) is 4.74. The summed E-state index contributed by atoms with van der Waals surface area (Å²) >= 11 is 0. The van der Waals surface area contributed by atoms with E-state index in [-0.39, 0.29) is 24.0 Å². The van der Waals surface area contributed by atoms with Crippen LogP contribution in [-0.2, 0) is 0 Å². The van der Waals surface area contributed by atoms with Crippen LogP contribution < -0.4 is 15.0 Å². The summed E-state index contributed by atoms with van der Waals surface area (Å²) < 4.78 is 5.40. The van der Waals surface area contributed by atoms with E-state index in [0.29, 0.717) is 25.2 Å². The zero-order valence-electron chi connectivity index (χ0n) is 11.0. The molecule has 6 nitrogen and oxygen atoms in total. The summed E-state index contributed by atoms with van der Waals surface area (Å²) in [6.07, 6.45) is 2.40. The predicted molar refractivity (Wildman–Crippen MR) is 74.5 cm³/mol. The van der Waals surface area contributed by atoms with Crippen LogP contribution in [0.15, 0.2) is 30.9 Å². The van der Waals surface area contributed by atoms with E-state index in [1.54, 1.807) is 18.2 Å². The number of rotatable bonds is 4. The minimum absolute atomic E-state index is 0.0612. The molecule has 0 aliphatic carbocycles. The van der Waals surface area contributed by atoms with E-state index >= 15 is 0 Å². The molecule has 2 rings (SSSR count). The van der Waals surface area contributed by atoms with E-state index in [4.69, 9.17) is 9.84 Å². The number of ether oxygens (including phenoxy) is 1. The molecule has 106 valence electrons. The monoisotopic (exact) mass is 276 g/mol. The molecular formula is C14H16N2O4. The fraction of sp³-hybridized carbons (Fsp3) is 0.286. The Morgan fingerprint density at radius 3 is 3.00 bits per heavy atom. The van der Waals surface area contributed by atoms with Gasteiger partial charge in [-0.15, -0.1) is 6.58 Å². The molecule has 1 aromatic carbocycles. The van der Waals surface area contributed by atoms with Crippen molar-refractivity contribution in [3.8, 4) is 5.75 Å². The van der Waals surface area contributed by atoms with Crippen molar-refractivity contribution >= 4 is 17.7 Å². The number of hydrogen-bond acceptors (Lipinski definition) is 3. The number of hydrogen-bond donors (Lipinski definition) is 2. The average molecular weight is 276 g/mol. The fourth-order valence-electron chi connectivity index (χ4n) is 2.00. The third-order valence-corrected chi connectivity index (χ3v) is 2.95. The van der Waals surface area contributed by atoms with Crippen LogP contribution in [0.1, 0.15) is 16.8 Å². The highest BCUT2D eigenvalue weighted by Gasteiger charge is 2.27. The molecule has 0 radical (unpaired) electrons. The van der Waals surface area contributed by atoms with Gasteiger partial charge in [0.2, 0.25) is 0 Å². The van der Waals surface area contributed by atoms with E-state index in [1.807, 2.05) is 0 Å². The van der Waals surface area contributed by atoms with Crippen molar-refractivity contribution in [3.63, 3.8) is 0 Å². The molecule has 6 heteroatoms. The molecule has 1 aliphatic rings. The Hall–Kier alpha value is -2.50. The molecule has 0 saturated heterocycles. The van der Waals surface area contributed by atoms with Crippen LogP contribution in [0, 0.1) is 0 Å². The van der Waals surface area contributed by atoms with E-state index in [2.05, 4.69) is 11.9 Å². The third kappa shape index (κ3) is 2.74. The second kappa shape index (κ2) is 6.10. The van der Waals surface area contributed by atoms with Gasteiger partial charge in [0.1, 0.15) is 12.2 Å². The topological polar surface area (TPSA) is 78.9 Å². The van der Waals surface area contributed by atoms with Crippen LogP contribution >= 0.6 is 0 Å². The van der Waals surface area contributed by atoms with Crippen molar-refractivity contribution in [2.75, 3.05) is 24.6 Å². The summed E-state index contributed by atoms with van der Waals surface area (Å²) in [5.41, 5.74) is 0.540. The number of para-hydroxylation sites is 1. The molecule has 0 spiro atoms. The SMILES string of the molecule is C=CCCNC(=O)N1CCOc2c(C(=O)O)cccc21. The van der Waals surface area contributed by atoms with Gasteiger partial charge in [-0.3, -0.25) is 4.90 Å². The van der Waals surface area contributed by atoms with Gasteiger partial charge in [-0.05, 0) is 18.6 Å². The van der Waals surface area contributed by atoms with Crippen molar-refractivity contribution in [3.05, 3.63) is 36.4 Å². The molecule has 0 fully saturated rings. The van der Waals surface area contributed by atoms with E-state index < -0.39 is 5.97 Å². The average Bonchev–Trinajstić information content (AvgIpc) is 2.46. The van der Waals surface area contributed by atoms with Gasteiger partial charge in [0.25, 0.3) is 0 Å². The first-order valence-corrected chi connectivity index (χ1v) is 6.30. The summed E-state index contributed by atoms with van der Waals surface area (Å²) in [7, 11) is 0. The number of carboxylic acid groups (broad SMARTS) is 1. The number of amides is 2. The van der Waals surface area contributed by atoms with Crippen LogP contribution in [0.5, 0.6) is 5.75 Å². The number of carbonyl (C=O) groups is 2. The highest BCUT2D eigenvalue weighted by Crippen LogP contribution is 2.34. The molecule has 0 saturated carbocycles. The Labute approximate surface area is 116 Å². The first-order valence-electron chi connectivity index (χ1n) is 6.30. The minimum Gasteiger partial charge on any atom is -0.489 e. The summed E-state index contributed by atoms with van der Waals surface area (Å²) in [4.78, 5) is 24.7. The number of benzene rings is 1. The van der Waals surface area contributed by atoms with Gasteiger partial charge in [0.15, 0.2) is 5.75 Å². The largest absolute Gasteiger partial charge is 0.489 e. The van der Waals surface area contributed by atoms with Crippen molar-refractivity contribution in [1.29, 1.82) is 0 Å². The van der Waals surface area contributed by atoms with Gasteiger partial charge in [-0.25, -0.2) is 9.59 Å². The Morgan fingerprint density at radius 1 is 1.50 bits per heavy atom. The zero-order chi connectivity index (χ0) is 14.5. The van der Waals surface area contributed by atoms with Gasteiger partial charge in [-0.1, -0.05) is 12.1 Å². The molecule has 2 amide bonds. The molecule has 0 unspecified atom stereocenters. The quantitative estimate of drug-likeness (QED) is 0.650. The van der Waals surface area contributed by atoms with Crippen molar-refractivity contribution in [1.82, 2.24) is 5.32 Å². The van der Waals surface area contributed by atoms with E-state index in [1.165, 1.54) is 11.0 Å². The molecule has 0 bridgehead atoms. The van der Waals surface area contributed by atoms with Crippen LogP contribution in [0.2, 0.25) is 0 Å². The lowest BCUT2D eigenvalue weighted by Gasteiger charge is -2.30. The highest BCUT2D eigenvalue weighted by atomic mass is 16.5. The summed E-state index contributed by atoms with van der Waals surface area (Å²) in [5.74, 6) is -0.833. The van der Waals surface area contributed by atoms with Gasteiger partial charge >= 0.3 is 12.0 Å². The maximum Gasteiger partial charge on any atom is 0.339 e.